The summed E-state index contributed by atoms with van der Waals surface area (Å²) in [5.41, 5.74) is 2.65. The molecule has 0 aromatic heterocycles. The van der Waals surface area contributed by atoms with E-state index in [1.165, 1.54) is 5.56 Å². The molecule has 0 atom stereocenters. The Labute approximate surface area is 177 Å². The van der Waals surface area contributed by atoms with Crippen LogP contribution in [0.1, 0.15) is 15.9 Å². The average molecular weight is 402 g/mol. The molecule has 0 aliphatic carbocycles. The fourth-order valence-electron chi connectivity index (χ4n) is 3.37. The van der Waals surface area contributed by atoms with Crippen LogP contribution in [-0.2, 0) is 11.2 Å². The number of ether oxygens (including phenoxy) is 2. The van der Waals surface area contributed by atoms with Crippen molar-refractivity contribution in [3.05, 3.63) is 90.0 Å². The maximum atomic E-state index is 12.5. The number of nitrogens with one attached hydrogen (secondary N) is 1. The number of para-hydroxylation sites is 1. The molecule has 154 valence electrons. The highest BCUT2D eigenvalue weighted by molar-refractivity contribution is 6.04. The second kappa shape index (κ2) is 10.1. The predicted molar refractivity (Wildman–Crippen MR) is 118 cm³/mol. The average Bonchev–Trinajstić information content (AvgIpc) is 2.80. The fraction of sp³-hybridized carbons (Fsp3) is 0.240. The molecule has 4 rings (SSSR count). The van der Waals surface area contributed by atoms with Gasteiger partial charge >= 0.3 is 0 Å². The zero-order chi connectivity index (χ0) is 20.6. The molecule has 1 heterocycles. The Morgan fingerprint density at radius 3 is 2.23 bits per heavy atom. The molecule has 0 bridgehead atoms. The molecule has 30 heavy (non-hydrogen) atoms. The van der Waals surface area contributed by atoms with Gasteiger partial charge in [-0.1, -0.05) is 30.3 Å². The highest BCUT2D eigenvalue weighted by Gasteiger charge is 2.10. The number of carbonyl (C=O) groups is 1. The Hall–Kier alpha value is -3.15. The molecule has 5 nitrogen and oxygen atoms in total. The third-order valence-electron chi connectivity index (χ3n) is 5.13. The van der Waals surface area contributed by atoms with E-state index in [0.29, 0.717) is 11.3 Å². The number of hydrogen-bond donors (Lipinski definition) is 1. The van der Waals surface area contributed by atoms with Crippen LogP contribution in [0, 0.1) is 0 Å². The minimum absolute atomic E-state index is 0.137. The summed E-state index contributed by atoms with van der Waals surface area (Å²) in [6.07, 6.45) is 0.997. The van der Waals surface area contributed by atoms with Crippen molar-refractivity contribution in [1.82, 2.24) is 4.90 Å². The molecule has 1 amide bonds. The van der Waals surface area contributed by atoms with Gasteiger partial charge in [-0.15, -0.1) is 0 Å². The van der Waals surface area contributed by atoms with Gasteiger partial charge in [0, 0.05) is 30.9 Å². The summed E-state index contributed by atoms with van der Waals surface area (Å²) < 4.78 is 11.2. The summed E-state index contributed by atoms with van der Waals surface area (Å²) in [5.74, 6) is 1.33. The Morgan fingerprint density at radius 1 is 0.867 bits per heavy atom. The SMILES string of the molecule is O=C(Nc1ccc(CCN2CCOCC2)cc1)c1ccc(Oc2ccccc2)cc1. The molecule has 1 fully saturated rings. The van der Waals surface area contributed by atoms with Crippen molar-refractivity contribution in [2.45, 2.75) is 6.42 Å². The first kappa shape index (κ1) is 20.1. The highest BCUT2D eigenvalue weighted by Crippen LogP contribution is 2.21. The van der Waals surface area contributed by atoms with Crippen molar-refractivity contribution >= 4 is 11.6 Å². The molecule has 0 radical (unpaired) electrons. The topological polar surface area (TPSA) is 50.8 Å². The lowest BCUT2D eigenvalue weighted by atomic mass is 10.1. The third kappa shape index (κ3) is 5.69. The number of morpholine rings is 1. The molecule has 0 saturated carbocycles. The van der Waals surface area contributed by atoms with Crippen molar-refractivity contribution in [1.29, 1.82) is 0 Å². The molecule has 5 heteroatoms. The van der Waals surface area contributed by atoms with Crippen LogP contribution in [0.25, 0.3) is 0 Å². The summed E-state index contributed by atoms with van der Waals surface area (Å²) in [6.45, 7) is 4.69. The maximum Gasteiger partial charge on any atom is 0.255 e. The van der Waals surface area contributed by atoms with Crippen LogP contribution < -0.4 is 10.1 Å². The van der Waals surface area contributed by atoms with Crippen molar-refractivity contribution < 1.29 is 14.3 Å². The van der Waals surface area contributed by atoms with Gasteiger partial charge < -0.3 is 14.8 Å². The number of hydrogen-bond acceptors (Lipinski definition) is 4. The van der Waals surface area contributed by atoms with Gasteiger partial charge in [0.25, 0.3) is 5.91 Å². The van der Waals surface area contributed by atoms with Gasteiger partial charge in [-0.05, 0) is 60.5 Å². The lowest BCUT2D eigenvalue weighted by Gasteiger charge is -2.26. The molecular formula is C25H26N2O3. The van der Waals surface area contributed by atoms with E-state index in [1.54, 1.807) is 24.3 Å². The Balaban J connectivity index is 1.28. The van der Waals surface area contributed by atoms with Crippen LogP contribution in [0.5, 0.6) is 11.5 Å². The summed E-state index contributed by atoms with van der Waals surface area (Å²) in [4.78, 5) is 15.0. The zero-order valence-electron chi connectivity index (χ0n) is 16.9. The monoisotopic (exact) mass is 402 g/mol. The molecule has 0 spiro atoms. The molecule has 3 aromatic rings. The van der Waals surface area contributed by atoms with Crippen LogP contribution in [0.4, 0.5) is 5.69 Å². The summed E-state index contributed by atoms with van der Waals surface area (Å²) >= 11 is 0. The van der Waals surface area contributed by atoms with Crippen molar-refractivity contribution in [3.8, 4) is 11.5 Å². The predicted octanol–water partition coefficient (Wildman–Crippen LogP) is 4.61. The molecule has 1 saturated heterocycles. The van der Waals surface area contributed by atoms with Gasteiger partial charge in [-0.25, -0.2) is 0 Å². The number of nitrogens with zero attached hydrogens (tertiary/aromatic N) is 1. The van der Waals surface area contributed by atoms with E-state index in [1.807, 2.05) is 42.5 Å². The van der Waals surface area contributed by atoms with Crippen LogP contribution in [0.15, 0.2) is 78.9 Å². The zero-order valence-corrected chi connectivity index (χ0v) is 16.9. The van der Waals surface area contributed by atoms with Gasteiger partial charge in [-0.3, -0.25) is 9.69 Å². The molecule has 3 aromatic carbocycles. The quantitative estimate of drug-likeness (QED) is 0.627. The lowest BCUT2D eigenvalue weighted by molar-refractivity contribution is 0.0384. The smallest absolute Gasteiger partial charge is 0.255 e. The molecule has 1 N–H and O–H groups in total. The van der Waals surface area contributed by atoms with Crippen molar-refractivity contribution in [2.24, 2.45) is 0 Å². The highest BCUT2D eigenvalue weighted by atomic mass is 16.5. The normalized spacial score (nSPS) is 14.3. The number of amides is 1. The van der Waals surface area contributed by atoms with E-state index in [-0.39, 0.29) is 5.91 Å². The second-order valence-corrected chi connectivity index (χ2v) is 7.29. The molecular weight excluding hydrogens is 376 g/mol. The standard InChI is InChI=1S/C25H26N2O3/c28-25(21-8-12-24(13-9-21)30-23-4-2-1-3-5-23)26-22-10-6-20(7-11-22)14-15-27-16-18-29-19-17-27/h1-13H,14-19H2,(H,26,28). The molecule has 0 unspecified atom stereocenters. The first-order chi connectivity index (χ1) is 14.8. The minimum atomic E-state index is -0.137. The third-order valence-corrected chi connectivity index (χ3v) is 5.13. The van der Waals surface area contributed by atoms with Crippen molar-refractivity contribution in [2.75, 3.05) is 38.2 Å². The van der Waals surface area contributed by atoms with Gasteiger partial charge in [0.05, 0.1) is 13.2 Å². The Morgan fingerprint density at radius 2 is 1.53 bits per heavy atom. The van der Waals surface area contributed by atoms with Crippen LogP contribution in [0.3, 0.4) is 0 Å². The first-order valence-electron chi connectivity index (χ1n) is 10.3. The first-order valence-corrected chi connectivity index (χ1v) is 10.3. The van der Waals surface area contributed by atoms with Gasteiger partial charge in [-0.2, -0.15) is 0 Å². The number of benzene rings is 3. The minimum Gasteiger partial charge on any atom is -0.457 e. The number of anilines is 1. The van der Waals surface area contributed by atoms with Crippen LogP contribution in [0.2, 0.25) is 0 Å². The van der Waals surface area contributed by atoms with Crippen LogP contribution >= 0.6 is 0 Å². The summed E-state index contributed by atoms with van der Waals surface area (Å²) in [6, 6.07) is 24.8. The Bertz CT molecular complexity index is 934. The maximum absolute atomic E-state index is 12.5. The summed E-state index contributed by atoms with van der Waals surface area (Å²) in [7, 11) is 0. The van der Waals surface area contributed by atoms with E-state index in [2.05, 4.69) is 22.3 Å². The number of carbonyl (C=O) groups excluding carboxylic acids is 1. The molecule has 1 aliphatic heterocycles. The van der Waals surface area contributed by atoms with E-state index >= 15 is 0 Å². The Kier molecular flexibility index (Phi) is 6.75. The van der Waals surface area contributed by atoms with E-state index in [0.717, 1.165) is 50.7 Å². The largest absolute Gasteiger partial charge is 0.457 e. The lowest BCUT2D eigenvalue weighted by Crippen LogP contribution is -2.37. The van der Waals surface area contributed by atoms with Gasteiger partial charge in [0.1, 0.15) is 11.5 Å². The van der Waals surface area contributed by atoms with E-state index in [4.69, 9.17) is 9.47 Å². The van der Waals surface area contributed by atoms with Gasteiger partial charge in [0.15, 0.2) is 0 Å². The fourth-order valence-corrected chi connectivity index (χ4v) is 3.37. The second-order valence-electron chi connectivity index (χ2n) is 7.29. The van der Waals surface area contributed by atoms with Crippen molar-refractivity contribution in [3.63, 3.8) is 0 Å². The summed E-state index contributed by atoms with van der Waals surface area (Å²) in [5, 5.41) is 2.95. The van der Waals surface area contributed by atoms with E-state index in [9.17, 15) is 4.79 Å². The number of rotatable bonds is 7. The van der Waals surface area contributed by atoms with Gasteiger partial charge in [0.2, 0.25) is 0 Å². The van der Waals surface area contributed by atoms with E-state index < -0.39 is 0 Å². The van der Waals surface area contributed by atoms with Crippen LogP contribution in [-0.4, -0.2) is 43.7 Å². The molecule has 1 aliphatic rings.